The third-order valence-electron chi connectivity index (χ3n) is 4.08. The Balaban J connectivity index is 1.61. The molecule has 3 rings (SSSR count). The van der Waals surface area contributed by atoms with Gasteiger partial charge in [0.1, 0.15) is 11.9 Å². The van der Waals surface area contributed by atoms with Gasteiger partial charge in [-0.1, -0.05) is 11.6 Å². The lowest BCUT2D eigenvalue weighted by Crippen LogP contribution is -2.42. The van der Waals surface area contributed by atoms with E-state index in [2.05, 4.69) is 22.6 Å². The standard InChI is InChI=1S/C18H15ClF2INO2/c19-11-1-3-16(22)14(9-11)18(24)23-7-5-13(6-8-23)25-17-4-2-12(20)10-15(17)21/h1-4,9-10,13H,5-8H2. The molecule has 1 heterocycles. The molecule has 3 nitrogen and oxygen atoms in total. The summed E-state index contributed by atoms with van der Waals surface area (Å²) in [6.45, 7) is 1.02. The third-order valence-corrected chi connectivity index (χ3v) is 5.25. The van der Waals surface area contributed by atoms with E-state index >= 15 is 0 Å². The number of piperidine rings is 1. The van der Waals surface area contributed by atoms with E-state index in [1.807, 2.05) is 6.07 Å². The highest BCUT2D eigenvalue weighted by molar-refractivity contribution is 14.1. The van der Waals surface area contributed by atoms with E-state index in [0.29, 0.717) is 36.5 Å². The second-order valence-corrected chi connectivity index (χ2v) is 7.41. The number of likely N-dealkylation sites (tertiary alicyclic amines) is 1. The summed E-state index contributed by atoms with van der Waals surface area (Å²) in [7, 11) is 0. The van der Waals surface area contributed by atoms with Crippen LogP contribution in [0.1, 0.15) is 23.2 Å². The zero-order chi connectivity index (χ0) is 18.0. The molecule has 1 aliphatic rings. The summed E-state index contributed by atoms with van der Waals surface area (Å²) in [4.78, 5) is 14.4. The fourth-order valence-electron chi connectivity index (χ4n) is 2.76. The smallest absolute Gasteiger partial charge is 0.254 e. The largest absolute Gasteiger partial charge is 0.487 e. The zero-order valence-corrected chi connectivity index (χ0v) is 16.1. The number of halogens is 4. The van der Waals surface area contributed by atoms with Crippen molar-refractivity contribution >= 4 is 40.1 Å². The van der Waals surface area contributed by atoms with Crippen molar-refractivity contribution in [3.05, 3.63) is 62.2 Å². The number of carbonyl (C=O) groups is 1. The molecule has 0 saturated carbocycles. The Bertz CT molecular complexity index is 795. The average molecular weight is 478 g/mol. The van der Waals surface area contributed by atoms with Crippen molar-refractivity contribution in [3.63, 3.8) is 0 Å². The Labute approximate surface area is 163 Å². The summed E-state index contributed by atoms with van der Waals surface area (Å²) < 4.78 is 33.1. The van der Waals surface area contributed by atoms with E-state index in [1.165, 1.54) is 6.07 Å². The van der Waals surface area contributed by atoms with E-state index < -0.39 is 11.6 Å². The first-order chi connectivity index (χ1) is 11.9. The highest BCUT2D eigenvalue weighted by Gasteiger charge is 2.26. The van der Waals surface area contributed by atoms with Gasteiger partial charge in [0.25, 0.3) is 5.91 Å². The molecule has 2 aromatic rings. The van der Waals surface area contributed by atoms with Crippen LogP contribution in [0.3, 0.4) is 0 Å². The molecule has 1 amide bonds. The predicted molar refractivity (Wildman–Crippen MR) is 100 cm³/mol. The lowest BCUT2D eigenvalue weighted by Gasteiger charge is -2.32. The van der Waals surface area contributed by atoms with Crippen molar-refractivity contribution in [2.75, 3.05) is 13.1 Å². The van der Waals surface area contributed by atoms with Crippen molar-refractivity contribution in [2.45, 2.75) is 18.9 Å². The zero-order valence-electron chi connectivity index (χ0n) is 13.1. The van der Waals surface area contributed by atoms with Crippen LogP contribution in [0.2, 0.25) is 5.02 Å². The van der Waals surface area contributed by atoms with Crippen LogP contribution in [0.25, 0.3) is 0 Å². The van der Waals surface area contributed by atoms with Gasteiger partial charge in [0.2, 0.25) is 0 Å². The van der Waals surface area contributed by atoms with Crippen LogP contribution < -0.4 is 4.74 Å². The van der Waals surface area contributed by atoms with Gasteiger partial charge in [0, 0.05) is 40.6 Å². The summed E-state index contributed by atoms with van der Waals surface area (Å²) in [5.41, 5.74) is 0.581. The Hall–Kier alpha value is -1.41. The normalized spacial score (nSPS) is 15.3. The van der Waals surface area contributed by atoms with Gasteiger partial charge in [-0.25, -0.2) is 8.78 Å². The lowest BCUT2D eigenvalue weighted by atomic mass is 10.1. The van der Waals surface area contributed by atoms with Gasteiger partial charge in [-0.3, -0.25) is 4.79 Å². The molecule has 25 heavy (non-hydrogen) atoms. The summed E-state index contributed by atoms with van der Waals surface area (Å²) >= 11 is 8.09. The van der Waals surface area contributed by atoms with Gasteiger partial charge in [-0.2, -0.15) is 0 Å². The molecular formula is C18H15ClF2INO2. The molecule has 0 N–H and O–H groups in total. The first-order valence-corrected chi connectivity index (χ1v) is 9.26. The number of carbonyl (C=O) groups excluding carboxylic acids is 1. The Morgan fingerprint density at radius 1 is 1.16 bits per heavy atom. The molecule has 2 aromatic carbocycles. The molecule has 0 atom stereocenters. The van der Waals surface area contributed by atoms with Crippen LogP contribution in [-0.2, 0) is 0 Å². The molecule has 0 bridgehead atoms. The fraction of sp³-hybridized carbons (Fsp3) is 0.278. The maximum Gasteiger partial charge on any atom is 0.254 e. The molecule has 7 heteroatoms. The molecule has 0 radical (unpaired) electrons. The van der Waals surface area contributed by atoms with Crippen LogP contribution in [0, 0.1) is 15.2 Å². The van der Waals surface area contributed by atoms with Crippen molar-refractivity contribution in [2.24, 2.45) is 0 Å². The van der Waals surface area contributed by atoms with E-state index in [4.69, 9.17) is 16.3 Å². The van der Waals surface area contributed by atoms with Gasteiger partial charge >= 0.3 is 0 Å². The van der Waals surface area contributed by atoms with E-state index in [0.717, 1.165) is 15.7 Å². The van der Waals surface area contributed by atoms with Crippen molar-refractivity contribution in [1.82, 2.24) is 4.90 Å². The Kier molecular flexibility index (Phi) is 5.78. The first kappa shape index (κ1) is 18.4. The molecule has 0 unspecified atom stereocenters. The van der Waals surface area contributed by atoms with Crippen LogP contribution >= 0.6 is 34.2 Å². The van der Waals surface area contributed by atoms with Crippen LogP contribution in [0.4, 0.5) is 8.78 Å². The molecule has 1 saturated heterocycles. The second kappa shape index (κ2) is 7.86. The first-order valence-electron chi connectivity index (χ1n) is 7.80. The van der Waals surface area contributed by atoms with Crippen molar-refractivity contribution in [1.29, 1.82) is 0 Å². The van der Waals surface area contributed by atoms with Gasteiger partial charge in [0.15, 0.2) is 11.6 Å². The topological polar surface area (TPSA) is 29.5 Å². The molecule has 1 aliphatic heterocycles. The summed E-state index contributed by atoms with van der Waals surface area (Å²) in [5, 5.41) is 0.522. The van der Waals surface area contributed by atoms with Gasteiger partial charge in [0.05, 0.1) is 5.56 Å². The number of hydrogen-bond acceptors (Lipinski definition) is 2. The van der Waals surface area contributed by atoms with Gasteiger partial charge in [-0.15, -0.1) is 0 Å². The quantitative estimate of drug-likeness (QED) is 0.588. The fourth-order valence-corrected chi connectivity index (χ4v) is 3.50. The minimum atomic E-state index is -0.716. The van der Waals surface area contributed by atoms with Gasteiger partial charge in [-0.05, 0) is 52.9 Å². The lowest BCUT2D eigenvalue weighted by molar-refractivity contribution is 0.0587. The van der Waals surface area contributed by atoms with Crippen LogP contribution in [0.5, 0.6) is 5.75 Å². The number of nitrogens with zero attached hydrogens (tertiary/aromatic N) is 1. The summed E-state index contributed by atoms with van der Waals surface area (Å²) in [6, 6.07) is 8.48. The molecule has 0 spiro atoms. The number of hydrogen-bond donors (Lipinski definition) is 0. The molecule has 0 aromatic heterocycles. The monoisotopic (exact) mass is 477 g/mol. The third kappa shape index (κ3) is 4.41. The average Bonchev–Trinajstić information content (AvgIpc) is 2.59. The number of benzene rings is 2. The van der Waals surface area contributed by atoms with Gasteiger partial charge < -0.3 is 9.64 Å². The molecule has 1 fully saturated rings. The predicted octanol–water partition coefficient (Wildman–Crippen LogP) is 4.91. The number of rotatable bonds is 3. The second-order valence-electron chi connectivity index (χ2n) is 5.81. The molecule has 0 aliphatic carbocycles. The van der Waals surface area contributed by atoms with Crippen molar-refractivity contribution < 1.29 is 18.3 Å². The Morgan fingerprint density at radius 2 is 1.88 bits per heavy atom. The number of ether oxygens (including phenoxy) is 1. The Morgan fingerprint density at radius 3 is 2.56 bits per heavy atom. The van der Waals surface area contributed by atoms with E-state index in [9.17, 15) is 13.6 Å². The minimum absolute atomic E-state index is 0.0376. The minimum Gasteiger partial charge on any atom is -0.487 e. The maximum atomic E-state index is 13.7. The molecule has 132 valence electrons. The highest BCUT2D eigenvalue weighted by Crippen LogP contribution is 2.25. The summed E-state index contributed by atoms with van der Waals surface area (Å²) in [6.07, 6.45) is 0.960. The van der Waals surface area contributed by atoms with Crippen molar-refractivity contribution in [3.8, 4) is 5.75 Å². The SMILES string of the molecule is O=C(c1cc(Cl)ccc1I)N1CCC(Oc2ccc(F)cc2F)CC1. The number of amides is 1. The highest BCUT2D eigenvalue weighted by atomic mass is 127. The molecular weight excluding hydrogens is 463 g/mol. The van der Waals surface area contributed by atoms with Crippen LogP contribution in [0.15, 0.2) is 36.4 Å². The van der Waals surface area contributed by atoms with E-state index in [1.54, 1.807) is 17.0 Å². The van der Waals surface area contributed by atoms with Crippen LogP contribution in [-0.4, -0.2) is 30.0 Å². The summed E-state index contributed by atoms with van der Waals surface area (Å²) in [5.74, 6) is -1.39. The van der Waals surface area contributed by atoms with E-state index in [-0.39, 0.29) is 17.8 Å². The maximum absolute atomic E-state index is 13.7.